The van der Waals surface area contributed by atoms with Crippen molar-refractivity contribution in [3.8, 4) is 0 Å². The topological polar surface area (TPSA) is 95.5 Å². The van der Waals surface area contributed by atoms with E-state index in [1.165, 1.54) is 6.92 Å². The van der Waals surface area contributed by atoms with E-state index in [-0.39, 0.29) is 17.7 Å². The molecule has 1 fully saturated rings. The van der Waals surface area contributed by atoms with E-state index < -0.39 is 5.54 Å². The lowest BCUT2D eigenvalue weighted by Crippen LogP contribution is -2.43. The Morgan fingerprint density at radius 3 is 2.82 bits per heavy atom. The van der Waals surface area contributed by atoms with Gasteiger partial charge >= 0.3 is 0 Å². The van der Waals surface area contributed by atoms with E-state index in [0.717, 1.165) is 18.0 Å². The quantitative estimate of drug-likeness (QED) is 0.739. The molecule has 3 heterocycles. The minimum Gasteiger partial charge on any atom is -0.326 e. The van der Waals surface area contributed by atoms with Crippen molar-refractivity contribution in [1.82, 2.24) is 15.6 Å². The molecule has 0 radical (unpaired) electrons. The van der Waals surface area contributed by atoms with Gasteiger partial charge in [-0.3, -0.25) is 14.6 Å². The zero-order valence-electron chi connectivity index (χ0n) is 15.4. The number of nitrogens with zero attached hydrogens (tertiary/aromatic N) is 2. The summed E-state index contributed by atoms with van der Waals surface area (Å²) in [5.74, 6) is 0.781. The minimum absolute atomic E-state index is 0.130. The van der Waals surface area contributed by atoms with Crippen molar-refractivity contribution < 1.29 is 9.59 Å². The molecule has 7 nitrogen and oxygen atoms in total. The van der Waals surface area contributed by atoms with Gasteiger partial charge in [-0.15, -0.1) is 0 Å². The number of carbonyl (C=O) groups excluding carboxylic acids is 2. The van der Waals surface area contributed by atoms with Crippen LogP contribution in [-0.2, 0) is 10.3 Å². The average molecular weight is 395 g/mol. The summed E-state index contributed by atoms with van der Waals surface area (Å²) in [6, 6.07) is 12.7. The van der Waals surface area contributed by atoms with Crippen molar-refractivity contribution >= 4 is 34.4 Å². The van der Waals surface area contributed by atoms with Gasteiger partial charge in [-0.05, 0) is 24.3 Å². The number of fused-ring (bicyclic) bond motifs is 1. The molecule has 2 atom stereocenters. The van der Waals surface area contributed by atoms with Gasteiger partial charge in [-0.2, -0.15) is 0 Å². The van der Waals surface area contributed by atoms with E-state index >= 15 is 0 Å². The van der Waals surface area contributed by atoms with Crippen LogP contribution in [0.3, 0.4) is 0 Å². The number of anilines is 1. The second-order valence-electron chi connectivity index (χ2n) is 6.91. The summed E-state index contributed by atoms with van der Waals surface area (Å²) >= 11 is 1.55. The lowest BCUT2D eigenvalue weighted by Gasteiger charge is -2.34. The zero-order valence-corrected chi connectivity index (χ0v) is 16.3. The van der Waals surface area contributed by atoms with Crippen LogP contribution < -0.4 is 16.0 Å². The Labute approximate surface area is 167 Å². The van der Waals surface area contributed by atoms with Gasteiger partial charge in [0.05, 0.1) is 5.69 Å². The van der Waals surface area contributed by atoms with Crippen molar-refractivity contribution in [2.24, 2.45) is 10.9 Å². The summed E-state index contributed by atoms with van der Waals surface area (Å²) in [4.78, 5) is 33.4. The Hall–Kier alpha value is -2.71. The molecule has 1 saturated heterocycles. The molecular formula is C20H21N5O2S. The number of nitrogens with one attached hydrogen (secondary N) is 3. The molecule has 28 heavy (non-hydrogen) atoms. The van der Waals surface area contributed by atoms with Crippen molar-refractivity contribution in [2.75, 3.05) is 24.2 Å². The van der Waals surface area contributed by atoms with Gasteiger partial charge in [0.1, 0.15) is 5.54 Å². The van der Waals surface area contributed by atoms with Crippen LogP contribution in [0.15, 0.2) is 53.7 Å². The van der Waals surface area contributed by atoms with Crippen LogP contribution in [-0.4, -0.2) is 40.8 Å². The first kappa shape index (κ1) is 18.6. The molecule has 0 bridgehead atoms. The minimum atomic E-state index is -0.557. The molecule has 1 aromatic carbocycles. The molecule has 8 heteroatoms. The van der Waals surface area contributed by atoms with Crippen LogP contribution >= 0.6 is 11.8 Å². The monoisotopic (exact) mass is 395 g/mol. The number of benzene rings is 1. The number of hydrogen-bond donors (Lipinski definition) is 3. The van der Waals surface area contributed by atoms with Crippen LogP contribution in [0.25, 0.3) is 0 Å². The smallest absolute Gasteiger partial charge is 0.257 e. The zero-order chi connectivity index (χ0) is 19.6. The second kappa shape index (κ2) is 7.73. The van der Waals surface area contributed by atoms with E-state index in [1.54, 1.807) is 36.2 Å². The number of thioether (sulfide) groups is 1. The van der Waals surface area contributed by atoms with Crippen LogP contribution in [0.2, 0.25) is 0 Å². The molecule has 2 aliphatic heterocycles. The van der Waals surface area contributed by atoms with E-state index in [1.807, 2.05) is 24.3 Å². The number of pyridine rings is 1. The van der Waals surface area contributed by atoms with E-state index in [0.29, 0.717) is 23.0 Å². The van der Waals surface area contributed by atoms with Gasteiger partial charge in [0, 0.05) is 49.1 Å². The summed E-state index contributed by atoms with van der Waals surface area (Å²) in [5, 5.41) is 9.75. The summed E-state index contributed by atoms with van der Waals surface area (Å²) in [7, 11) is 0. The normalized spacial score (nSPS) is 23.5. The first-order chi connectivity index (χ1) is 13.6. The molecule has 2 aromatic rings. The number of aromatic nitrogens is 1. The van der Waals surface area contributed by atoms with Crippen LogP contribution in [0.4, 0.5) is 5.69 Å². The first-order valence-corrected chi connectivity index (χ1v) is 10.1. The van der Waals surface area contributed by atoms with Crippen molar-refractivity contribution in [1.29, 1.82) is 0 Å². The van der Waals surface area contributed by atoms with Gasteiger partial charge < -0.3 is 16.0 Å². The van der Waals surface area contributed by atoms with E-state index in [2.05, 4.69) is 20.9 Å². The number of aliphatic imine (C=N–C) groups is 1. The third-order valence-corrected chi connectivity index (χ3v) is 6.00. The molecule has 0 spiro atoms. The Kier molecular flexibility index (Phi) is 5.15. The molecule has 2 aliphatic rings. The molecule has 2 amide bonds. The largest absolute Gasteiger partial charge is 0.326 e. The fourth-order valence-electron chi connectivity index (χ4n) is 3.60. The molecule has 1 unspecified atom stereocenters. The Morgan fingerprint density at radius 2 is 2.04 bits per heavy atom. The maximum absolute atomic E-state index is 12.5. The first-order valence-electron chi connectivity index (χ1n) is 9.11. The van der Waals surface area contributed by atoms with Crippen LogP contribution in [0.1, 0.15) is 23.0 Å². The highest BCUT2D eigenvalue weighted by molar-refractivity contribution is 8.13. The highest BCUT2D eigenvalue weighted by atomic mass is 32.2. The maximum atomic E-state index is 12.5. The number of hydrogen-bond acceptors (Lipinski definition) is 6. The Morgan fingerprint density at radius 1 is 1.21 bits per heavy atom. The highest BCUT2D eigenvalue weighted by Gasteiger charge is 2.48. The van der Waals surface area contributed by atoms with E-state index in [9.17, 15) is 9.59 Å². The fraction of sp³-hybridized carbons (Fsp3) is 0.300. The van der Waals surface area contributed by atoms with Gasteiger partial charge in [0.2, 0.25) is 5.91 Å². The molecule has 1 aromatic heterocycles. The van der Waals surface area contributed by atoms with Crippen molar-refractivity contribution in [2.45, 2.75) is 12.5 Å². The SMILES string of the molecule is CC(=O)Nc1ccnc(C23CNC[C@H]2CSC(NC(=O)c2ccccc2)=N3)c1. The van der Waals surface area contributed by atoms with Gasteiger partial charge in [-0.25, -0.2) is 4.99 Å². The average Bonchev–Trinajstić information content (AvgIpc) is 3.13. The summed E-state index contributed by atoms with van der Waals surface area (Å²) in [5.41, 5.74) is 1.53. The number of amidine groups is 1. The van der Waals surface area contributed by atoms with Crippen LogP contribution in [0.5, 0.6) is 0 Å². The van der Waals surface area contributed by atoms with Crippen LogP contribution in [0, 0.1) is 5.92 Å². The number of amides is 2. The maximum Gasteiger partial charge on any atom is 0.257 e. The van der Waals surface area contributed by atoms with Gasteiger partial charge in [-0.1, -0.05) is 30.0 Å². The van der Waals surface area contributed by atoms with Crippen molar-refractivity contribution in [3.63, 3.8) is 0 Å². The second-order valence-corrected chi connectivity index (χ2v) is 7.92. The lowest BCUT2D eigenvalue weighted by molar-refractivity contribution is -0.114. The number of rotatable bonds is 3. The third kappa shape index (κ3) is 3.65. The third-order valence-electron chi connectivity index (χ3n) is 4.96. The molecule has 0 aliphatic carbocycles. The Balaban J connectivity index is 1.65. The predicted octanol–water partition coefficient (Wildman–Crippen LogP) is 1.99. The van der Waals surface area contributed by atoms with Crippen molar-refractivity contribution in [3.05, 3.63) is 59.9 Å². The predicted molar refractivity (Wildman–Crippen MR) is 110 cm³/mol. The summed E-state index contributed by atoms with van der Waals surface area (Å²) in [6.45, 7) is 2.95. The van der Waals surface area contributed by atoms with Gasteiger partial charge in [0.15, 0.2) is 5.17 Å². The van der Waals surface area contributed by atoms with Gasteiger partial charge in [0.25, 0.3) is 5.91 Å². The lowest BCUT2D eigenvalue weighted by atomic mass is 9.85. The molecule has 3 N–H and O–H groups in total. The highest BCUT2D eigenvalue weighted by Crippen LogP contribution is 2.42. The molecule has 4 rings (SSSR count). The molecule has 144 valence electrons. The summed E-state index contributed by atoms with van der Waals surface area (Å²) < 4.78 is 0. The summed E-state index contributed by atoms with van der Waals surface area (Å²) in [6.07, 6.45) is 1.68. The molecule has 0 saturated carbocycles. The molecular weight excluding hydrogens is 374 g/mol. The standard InChI is InChI=1S/C20H21N5O2S/c1-13(26)23-16-7-8-22-17(9-16)20-12-21-10-15(20)11-28-19(25-20)24-18(27)14-5-3-2-4-6-14/h2-9,15,21H,10-12H2,1H3,(H,22,23,26)(H,24,25,27)/t15-,20?/m0/s1. The fourth-order valence-corrected chi connectivity index (χ4v) is 4.74. The number of carbonyl (C=O) groups is 2. The van der Waals surface area contributed by atoms with E-state index in [4.69, 9.17) is 4.99 Å². The Bertz CT molecular complexity index is 933.